The van der Waals surface area contributed by atoms with Crippen molar-refractivity contribution in [3.8, 4) is 5.75 Å². The fourth-order valence-electron chi connectivity index (χ4n) is 3.68. The van der Waals surface area contributed by atoms with Gasteiger partial charge in [0.2, 0.25) is 0 Å². The molecule has 28 heavy (non-hydrogen) atoms. The van der Waals surface area contributed by atoms with Crippen LogP contribution >= 0.6 is 0 Å². The van der Waals surface area contributed by atoms with Gasteiger partial charge in [-0.3, -0.25) is 4.79 Å². The van der Waals surface area contributed by atoms with E-state index in [1.807, 2.05) is 19.9 Å². The van der Waals surface area contributed by atoms with Crippen molar-refractivity contribution >= 4 is 32.7 Å². The van der Waals surface area contributed by atoms with Crippen LogP contribution in [0.4, 0.5) is 5.69 Å². The number of rotatable bonds is 3. The summed E-state index contributed by atoms with van der Waals surface area (Å²) >= 11 is 0. The summed E-state index contributed by atoms with van der Waals surface area (Å²) in [5.41, 5.74) is 9.37. The van der Waals surface area contributed by atoms with Gasteiger partial charge >= 0.3 is 10.3 Å². The van der Waals surface area contributed by atoms with Gasteiger partial charge in [-0.25, -0.2) is 0 Å². The summed E-state index contributed by atoms with van der Waals surface area (Å²) in [5, 5.41) is 0.823. The summed E-state index contributed by atoms with van der Waals surface area (Å²) in [6.07, 6.45) is 0. The maximum absolute atomic E-state index is 13.2. The van der Waals surface area contributed by atoms with Crippen LogP contribution in [0.15, 0.2) is 36.4 Å². The van der Waals surface area contributed by atoms with Gasteiger partial charge in [0.25, 0.3) is 0 Å². The molecule has 8 heteroatoms. The Hall–Kier alpha value is -2.84. The van der Waals surface area contributed by atoms with Crippen molar-refractivity contribution in [1.82, 2.24) is 9.29 Å². The summed E-state index contributed by atoms with van der Waals surface area (Å²) in [5.74, 6) is 0.0551. The second kappa shape index (κ2) is 5.83. The molecule has 7 nitrogen and oxygen atoms in total. The molecule has 1 aliphatic rings. The maximum atomic E-state index is 13.2. The number of H-pyrrole nitrogens is 1. The molecule has 0 aliphatic heterocycles. The van der Waals surface area contributed by atoms with Gasteiger partial charge in [0, 0.05) is 47.4 Å². The SMILES string of the molecule is CN(C)S(=O)(=O)Oc1ccc2c(c1)C(C)(C)c1[nH]c3cc(N)ccc3c1C2=O. The molecule has 0 bridgehead atoms. The van der Waals surface area contributed by atoms with E-state index in [-0.39, 0.29) is 11.5 Å². The normalized spacial score (nSPS) is 15.5. The van der Waals surface area contributed by atoms with E-state index < -0.39 is 15.7 Å². The lowest BCUT2D eigenvalue weighted by molar-refractivity contribution is 0.103. The van der Waals surface area contributed by atoms with Crippen LogP contribution < -0.4 is 9.92 Å². The monoisotopic (exact) mass is 399 g/mol. The number of ketones is 1. The van der Waals surface area contributed by atoms with Crippen molar-refractivity contribution < 1.29 is 17.4 Å². The largest absolute Gasteiger partial charge is 0.399 e. The molecule has 146 valence electrons. The second-order valence-corrected chi connectivity index (χ2v) is 9.42. The zero-order valence-corrected chi connectivity index (χ0v) is 16.8. The lowest BCUT2D eigenvalue weighted by atomic mass is 9.71. The highest BCUT2D eigenvalue weighted by atomic mass is 32.2. The smallest absolute Gasteiger partial charge is 0.384 e. The minimum Gasteiger partial charge on any atom is -0.399 e. The second-order valence-electron chi connectivity index (χ2n) is 7.66. The number of nitrogens with two attached hydrogens (primary N) is 1. The van der Waals surface area contributed by atoms with Gasteiger partial charge in [0.05, 0.1) is 5.56 Å². The first-order chi connectivity index (χ1) is 13.0. The highest BCUT2D eigenvalue weighted by molar-refractivity contribution is 7.84. The van der Waals surface area contributed by atoms with Gasteiger partial charge in [-0.15, -0.1) is 0 Å². The van der Waals surface area contributed by atoms with Crippen molar-refractivity contribution in [2.24, 2.45) is 0 Å². The minimum atomic E-state index is -3.89. The lowest BCUT2D eigenvalue weighted by Gasteiger charge is -2.32. The molecular weight excluding hydrogens is 378 g/mol. The maximum Gasteiger partial charge on any atom is 0.384 e. The Kier molecular flexibility index (Phi) is 3.85. The van der Waals surface area contributed by atoms with E-state index in [4.69, 9.17) is 9.92 Å². The number of carbonyl (C=O) groups excluding carboxylic acids is 1. The van der Waals surface area contributed by atoms with Crippen molar-refractivity contribution in [2.75, 3.05) is 19.8 Å². The van der Waals surface area contributed by atoms with Crippen LogP contribution in [0.5, 0.6) is 5.75 Å². The molecule has 0 saturated carbocycles. The Morgan fingerprint density at radius 1 is 1.11 bits per heavy atom. The van der Waals surface area contributed by atoms with E-state index in [9.17, 15) is 13.2 Å². The lowest BCUT2D eigenvalue weighted by Crippen LogP contribution is -2.31. The number of benzene rings is 2. The summed E-state index contributed by atoms with van der Waals surface area (Å²) in [4.78, 5) is 16.6. The first-order valence-corrected chi connectivity index (χ1v) is 10.1. The molecule has 0 atom stereocenters. The van der Waals surface area contributed by atoms with Crippen molar-refractivity contribution in [3.05, 3.63) is 58.8 Å². The predicted molar refractivity (Wildman–Crippen MR) is 108 cm³/mol. The predicted octanol–water partition coefficient (Wildman–Crippen LogP) is 2.81. The van der Waals surface area contributed by atoms with Crippen LogP contribution in [0.1, 0.15) is 41.0 Å². The topological polar surface area (TPSA) is 105 Å². The highest BCUT2D eigenvalue weighted by Crippen LogP contribution is 2.44. The Morgan fingerprint density at radius 3 is 2.50 bits per heavy atom. The standard InChI is InChI=1S/C20H21N3O4S/c1-20(2)15-10-12(27-28(25,26)23(3)4)6-8-13(15)18(24)17-14-7-5-11(21)9-16(14)22-19(17)20/h5-10,22H,21H2,1-4H3. The number of nitrogen functional groups attached to an aromatic ring is 1. The number of nitrogens with zero attached hydrogens (tertiary/aromatic N) is 1. The third-order valence-electron chi connectivity index (χ3n) is 5.23. The molecule has 0 saturated heterocycles. The molecule has 1 aliphatic carbocycles. The van der Waals surface area contributed by atoms with Crippen molar-refractivity contribution in [2.45, 2.75) is 19.3 Å². The van der Waals surface area contributed by atoms with Crippen LogP contribution in [-0.4, -0.2) is 37.6 Å². The number of nitrogens with one attached hydrogen (secondary N) is 1. The van der Waals surface area contributed by atoms with Gasteiger partial charge in [0.1, 0.15) is 5.75 Å². The fourth-order valence-corrected chi connectivity index (χ4v) is 4.17. The number of aromatic nitrogens is 1. The van der Waals surface area contributed by atoms with E-state index in [1.165, 1.54) is 20.2 Å². The minimum absolute atomic E-state index is 0.109. The first kappa shape index (κ1) is 18.5. The summed E-state index contributed by atoms with van der Waals surface area (Å²) < 4.78 is 30.3. The molecule has 0 unspecified atom stereocenters. The molecule has 2 aromatic carbocycles. The van der Waals surface area contributed by atoms with E-state index >= 15 is 0 Å². The number of aromatic amines is 1. The van der Waals surface area contributed by atoms with E-state index in [1.54, 1.807) is 24.3 Å². The van der Waals surface area contributed by atoms with E-state index in [0.717, 1.165) is 20.9 Å². The summed E-state index contributed by atoms with van der Waals surface area (Å²) in [6, 6.07) is 10.2. The molecule has 1 aromatic heterocycles. The molecule has 4 rings (SSSR count). The van der Waals surface area contributed by atoms with Crippen LogP contribution in [0.25, 0.3) is 10.9 Å². The van der Waals surface area contributed by atoms with E-state index in [0.29, 0.717) is 22.4 Å². The number of anilines is 1. The van der Waals surface area contributed by atoms with Crippen LogP contribution in [-0.2, 0) is 15.7 Å². The molecule has 1 heterocycles. The highest BCUT2D eigenvalue weighted by Gasteiger charge is 2.40. The number of hydrogen-bond acceptors (Lipinski definition) is 5. The van der Waals surface area contributed by atoms with Gasteiger partial charge in [-0.05, 0) is 35.9 Å². The molecule has 3 aromatic rings. The zero-order chi connectivity index (χ0) is 20.4. The summed E-state index contributed by atoms with van der Waals surface area (Å²) in [6.45, 7) is 3.97. The Balaban J connectivity index is 1.90. The summed E-state index contributed by atoms with van der Waals surface area (Å²) in [7, 11) is -1.10. The van der Waals surface area contributed by atoms with Gasteiger partial charge in [0.15, 0.2) is 5.78 Å². The Labute approximate surface area is 163 Å². The zero-order valence-electron chi connectivity index (χ0n) is 16.0. The number of fused-ring (bicyclic) bond motifs is 4. The van der Waals surface area contributed by atoms with Gasteiger partial charge < -0.3 is 14.9 Å². The number of hydrogen-bond donors (Lipinski definition) is 2. The Bertz CT molecular complexity index is 1240. The van der Waals surface area contributed by atoms with Crippen LogP contribution in [0.3, 0.4) is 0 Å². The average molecular weight is 399 g/mol. The third kappa shape index (κ3) is 2.60. The molecule has 3 N–H and O–H groups in total. The quantitative estimate of drug-likeness (QED) is 0.659. The van der Waals surface area contributed by atoms with Crippen molar-refractivity contribution in [1.29, 1.82) is 0 Å². The van der Waals surface area contributed by atoms with Crippen LogP contribution in [0.2, 0.25) is 0 Å². The van der Waals surface area contributed by atoms with Gasteiger partial charge in [-0.2, -0.15) is 12.7 Å². The first-order valence-electron chi connectivity index (χ1n) is 8.75. The number of carbonyl (C=O) groups is 1. The van der Waals surface area contributed by atoms with Crippen LogP contribution in [0, 0.1) is 0 Å². The Morgan fingerprint density at radius 2 is 1.82 bits per heavy atom. The molecule has 0 fully saturated rings. The van der Waals surface area contributed by atoms with Gasteiger partial charge in [-0.1, -0.05) is 19.9 Å². The molecule has 0 amide bonds. The molecule has 0 spiro atoms. The van der Waals surface area contributed by atoms with E-state index in [2.05, 4.69) is 4.98 Å². The van der Waals surface area contributed by atoms with Crippen molar-refractivity contribution in [3.63, 3.8) is 0 Å². The molecule has 0 radical (unpaired) electrons. The third-order valence-corrected chi connectivity index (χ3v) is 6.53. The average Bonchev–Trinajstić information content (AvgIpc) is 2.99. The fraction of sp³-hybridized carbons (Fsp3) is 0.250. The molecular formula is C20H21N3O4S.